The zero-order valence-electron chi connectivity index (χ0n) is 12.2. The molecule has 3 rings (SSSR count). The zero-order chi connectivity index (χ0) is 13.3. The minimum absolute atomic E-state index is 0.00222. The second-order valence-corrected chi connectivity index (χ2v) is 6.46. The summed E-state index contributed by atoms with van der Waals surface area (Å²) < 4.78 is 17.7. The van der Waals surface area contributed by atoms with Gasteiger partial charge >= 0.3 is 0 Å². The van der Waals surface area contributed by atoms with Crippen molar-refractivity contribution in [2.45, 2.75) is 62.9 Å². The van der Waals surface area contributed by atoms with Crippen LogP contribution in [0.25, 0.3) is 0 Å². The zero-order valence-corrected chi connectivity index (χ0v) is 12.2. The first-order valence-electron chi connectivity index (χ1n) is 7.77. The molecule has 0 aromatic heterocycles. The predicted octanol–water partition coefficient (Wildman–Crippen LogP) is 1.73. The highest BCUT2D eigenvalue weighted by Crippen LogP contribution is 2.39. The highest BCUT2D eigenvalue weighted by atomic mass is 16.6. The van der Waals surface area contributed by atoms with Crippen molar-refractivity contribution in [3.05, 3.63) is 0 Å². The summed E-state index contributed by atoms with van der Waals surface area (Å²) in [5.41, 5.74) is 0.00222. The van der Waals surface area contributed by atoms with E-state index in [4.69, 9.17) is 14.2 Å². The molecule has 5 unspecified atom stereocenters. The highest BCUT2D eigenvalue weighted by Gasteiger charge is 2.45. The number of nitrogens with one attached hydrogen (secondary N) is 1. The van der Waals surface area contributed by atoms with Gasteiger partial charge in [-0.1, -0.05) is 0 Å². The second-order valence-electron chi connectivity index (χ2n) is 6.46. The second kappa shape index (κ2) is 5.68. The van der Waals surface area contributed by atoms with Crippen molar-refractivity contribution in [1.29, 1.82) is 0 Å². The third-order valence-corrected chi connectivity index (χ3v) is 5.10. The number of likely N-dealkylation sites (N-methyl/N-ethyl adjacent to an activating group) is 1. The van der Waals surface area contributed by atoms with Crippen molar-refractivity contribution in [2.24, 2.45) is 5.92 Å². The lowest BCUT2D eigenvalue weighted by atomic mass is 9.79. The van der Waals surface area contributed by atoms with Gasteiger partial charge in [0.05, 0.1) is 24.4 Å². The van der Waals surface area contributed by atoms with Gasteiger partial charge in [0.1, 0.15) is 0 Å². The molecule has 0 amide bonds. The van der Waals surface area contributed by atoms with Crippen LogP contribution in [0.3, 0.4) is 0 Å². The molecule has 110 valence electrons. The summed E-state index contributed by atoms with van der Waals surface area (Å²) in [5, 5.41) is 3.52. The Bertz CT molecular complexity index is 304. The first-order valence-corrected chi connectivity index (χ1v) is 7.77. The molecule has 0 aliphatic carbocycles. The van der Waals surface area contributed by atoms with Crippen LogP contribution in [0.2, 0.25) is 0 Å². The molecule has 0 radical (unpaired) electrons. The smallest absolute Gasteiger partial charge is 0.0939 e. The van der Waals surface area contributed by atoms with Crippen LogP contribution >= 0.6 is 0 Å². The van der Waals surface area contributed by atoms with Crippen molar-refractivity contribution in [3.8, 4) is 0 Å². The van der Waals surface area contributed by atoms with Gasteiger partial charge in [-0.25, -0.2) is 0 Å². The summed E-state index contributed by atoms with van der Waals surface area (Å²) in [6.45, 7) is 4.69. The van der Waals surface area contributed by atoms with Crippen LogP contribution in [0.1, 0.15) is 39.0 Å². The maximum Gasteiger partial charge on any atom is 0.0939 e. The number of hydrogen-bond acceptors (Lipinski definition) is 4. The van der Waals surface area contributed by atoms with Crippen LogP contribution in [0, 0.1) is 5.92 Å². The van der Waals surface area contributed by atoms with E-state index in [0.29, 0.717) is 24.2 Å². The highest BCUT2D eigenvalue weighted by molar-refractivity contribution is 4.96. The van der Waals surface area contributed by atoms with Crippen LogP contribution in [0.4, 0.5) is 0 Å². The Hall–Kier alpha value is -0.160. The van der Waals surface area contributed by atoms with E-state index in [1.165, 1.54) is 12.8 Å². The molecule has 3 saturated heterocycles. The van der Waals surface area contributed by atoms with Gasteiger partial charge in [0.25, 0.3) is 0 Å². The molecular weight excluding hydrogens is 242 g/mol. The molecular formula is C15H27NO3. The maximum atomic E-state index is 6.08. The van der Waals surface area contributed by atoms with E-state index >= 15 is 0 Å². The van der Waals surface area contributed by atoms with E-state index < -0.39 is 0 Å². The van der Waals surface area contributed by atoms with Crippen molar-refractivity contribution in [2.75, 3.05) is 26.9 Å². The fourth-order valence-electron chi connectivity index (χ4n) is 4.06. The van der Waals surface area contributed by atoms with Crippen LogP contribution in [-0.4, -0.2) is 50.7 Å². The Labute approximate surface area is 116 Å². The molecule has 3 aliphatic heterocycles. The van der Waals surface area contributed by atoms with Crippen LogP contribution in [0.5, 0.6) is 0 Å². The van der Waals surface area contributed by atoms with Crippen molar-refractivity contribution < 1.29 is 14.2 Å². The standard InChI is InChI=1S/C15H27NO3/c1-11-3-4-13(19-11)14(16-2)12-5-7-18-15(9-12)6-8-17-10-15/h11-14,16H,3-10H2,1-2H3. The molecule has 4 heteroatoms. The Morgan fingerprint density at radius 1 is 1.21 bits per heavy atom. The summed E-state index contributed by atoms with van der Waals surface area (Å²) in [5.74, 6) is 0.649. The first kappa shape index (κ1) is 13.8. The summed E-state index contributed by atoms with van der Waals surface area (Å²) in [6.07, 6.45) is 6.50. The molecule has 4 nitrogen and oxygen atoms in total. The Morgan fingerprint density at radius 2 is 2.11 bits per heavy atom. The van der Waals surface area contributed by atoms with E-state index in [2.05, 4.69) is 19.3 Å². The lowest BCUT2D eigenvalue weighted by Crippen LogP contribution is -2.50. The molecule has 0 bridgehead atoms. The van der Waals surface area contributed by atoms with E-state index in [-0.39, 0.29) is 5.60 Å². The average molecular weight is 269 g/mol. The normalized spacial score (nSPS) is 44.8. The molecule has 1 spiro atoms. The minimum atomic E-state index is 0.00222. The molecule has 1 N–H and O–H groups in total. The first-order chi connectivity index (χ1) is 9.22. The van der Waals surface area contributed by atoms with Crippen LogP contribution in [-0.2, 0) is 14.2 Å². The van der Waals surface area contributed by atoms with Gasteiger partial charge in [-0.05, 0) is 45.6 Å². The van der Waals surface area contributed by atoms with Gasteiger partial charge in [-0.2, -0.15) is 0 Å². The van der Waals surface area contributed by atoms with Crippen molar-refractivity contribution in [1.82, 2.24) is 5.32 Å². The van der Waals surface area contributed by atoms with Gasteiger partial charge in [0, 0.05) is 25.7 Å². The third kappa shape index (κ3) is 2.82. The van der Waals surface area contributed by atoms with Crippen molar-refractivity contribution in [3.63, 3.8) is 0 Å². The fraction of sp³-hybridized carbons (Fsp3) is 1.00. The molecule has 0 saturated carbocycles. The maximum absolute atomic E-state index is 6.08. The van der Waals surface area contributed by atoms with E-state index in [9.17, 15) is 0 Å². The lowest BCUT2D eigenvalue weighted by Gasteiger charge is -2.41. The summed E-state index contributed by atoms with van der Waals surface area (Å²) in [7, 11) is 2.07. The SMILES string of the molecule is CNC(C1CCOC2(CCOC2)C1)C1CCC(C)O1. The van der Waals surface area contributed by atoms with Crippen LogP contribution < -0.4 is 5.32 Å². The number of ether oxygens (including phenoxy) is 3. The third-order valence-electron chi connectivity index (χ3n) is 5.10. The Morgan fingerprint density at radius 3 is 2.74 bits per heavy atom. The number of hydrogen-bond donors (Lipinski definition) is 1. The Kier molecular flexibility index (Phi) is 4.13. The van der Waals surface area contributed by atoms with Gasteiger partial charge in [-0.3, -0.25) is 0 Å². The van der Waals surface area contributed by atoms with Gasteiger partial charge < -0.3 is 19.5 Å². The predicted molar refractivity (Wildman–Crippen MR) is 73.3 cm³/mol. The van der Waals surface area contributed by atoms with Gasteiger partial charge in [-0.15, -0.1) is 0 Å². The Balaban J connectivity index is 1.65. The van der Waals surface area contributed by atoms with E-state index in [0.717, 1.165) is 39.1 Å². The molecule has 3 fully saturated rings. The topological polar surface area (TPSA) is 39.7 Å². The summed E-state index contributed by atoms with van der Waals surface area (Å²) in [6, 6.07) is 0.464. The molecule has 0 aromatic carbocycles. The summed E-state index contributed by atoms with van der Waals surface area (Å²) in [4.78, 5) is 0. The quantitative estimate of drug-likeness (QED) is 0.847. The monoisotopic (exact) mass is 269 g/mol. The van der Waals surface area contributed by atoms with E-state index in [1.54, 1.807) is 0 Å². The minimum Gasteiger partial charge on any atom is -0.378 e. The van der Waals surface area contributed by atoms with E-state index in [1.807, 2.05) is 0 Å². The molecule has 5 atom stereocenters. The summed E-state index contributed by atoms with van der Waals surface area (Å²) >= 11 is 0. The molecule has 19 heavy (non-hydrogen) atoms. The largest absolute Gasteiger partial charge is 0.378 e. The number of rotatable bonds is 3. The van der Waals surface area contributed by atoms with Crippen molar-refractivity contribution >= 4 is 0 Å². The van der Waals surface area contributed by atoms with Crippen LogP contribution in [0.15, 0.2) is 0 Å². The molecule has 3 aliphatic rings. The van der Waals surface area contributed by atoms with Gasteiger partial charge in [0.15, 0.2) is 0 Å². The molecule has 3 heterocycles. The fourth-order valence-corrected chi connectivity index (χ4v) is 4.06. The van der Waals surface area contributed by atoms with Gasteiger partial charge in [0.2, 0.25) is 0 Å². The molecule has 0 aromatic rings. The average Bonchev–Trinajstić information content (AvgIpc) is 3.01. The lowest BCUT2D eigenvalue weighted by molar-refractivity contribution is -0.111.